The van der Waals surface area contributed by atoms with Crippen molar-refractivity contribution >= 4 is 11.8 Å². The molecule has 0 amide bonds. The summed E-state index contributed by atoms with van der Waals surface area (Å²) in [5, 5.41) is 11.5. The number of hydrogen-bond acceptors (Lipinski definition) is 3. The van der Waals surface area contributed by atoms with Gasteiger partial charge in [-0.05, 0) is 12.1 Å². The number of nitrogens with zero attached hydrogens (tertiary/aromatic N) is 1. The molecule has 1 aromatic rings. The van der Waals surface area contributed by atoms with Gasteiger partial charge in [-0.15, -0.1) is 0 Å². The minimum Gasteiger partial charge on any atom is -0.478 e. The molecule has 14 heavy (non-hydrogen) atoms. The highest BCUT2D eigenvalue weighted by atomic mass is 19.1. The number of alkyl halides is 1. The lowest BCUT2D eigenvalue weighted by atomic mass is 10.2. The maximum atomic E-state index is 12.6. The van der Waals surface area contributed by atoms with Gasteiger partial charge in [0.05, 0.1) is 6.04 Å². The van der Waals surface area contributed by atoms with E-state index < -0.39 is 12.1 Å². The Hall–Kier alpha value is -1.65. The van der Waals surface area contributed by atoms with Crippen molar-refractivity contribution in [2.24, 2.45) is 0 Å². The second-order valence-electron chi connectivity index (χ2n) is 3.21. The fraction of sp³-hybridized carbons (Fsp3) is 0.333. The number of carbonyl (C=O) groups is 1. The predicted molar refractivity (Wildman–Crippen MR) is 48.1 cm³/mol. The number of carboxylic acid groups (broad SMARTS) is 1. The number of hydrogen-bond donors (Lipinski definition) is 2. The van der Waals surface area contributed by atoms with Crippen LogP contribution in [0, 0.1) is 0 Å². The fourth-order valence-electron chi connectivity index (χ4n) is 1.18. The third-order valence-electron chi connectivity index (χ3n) is 2.07. The molecule has 0 aliphatic heterocycles. The highest BCUT2D eigenvalue weighted by Gasteiger charge is 2.38. The van der Waals surface area contributed by atoms with Crippen molar-refractivity contribution in [3.8, 4) is 0 Å². The van der Waals surface area contributed by atoms with Crippen LogP contribution in [0.3, 0.4) is 0 Å². The standard InChI is InChI=1S/C9H9FN2O2/c10-6-4-7(6)12-8-5(9(13)14)2-1-3-11-8/h1-3,6-7H,4H2,(H,11,12)(H,13,14)/t6-,7+/m0/s1. The zero-order valence-corrected chi connectivity index (χ0v) is 7.27. The van der Waals surface area contributed by atoms with Crippen molar-refractivity contribution in [3.63, 3.8) is 0 Å². The van der Waals surface area contributed by atoms with Gasteiger partial charge in [-0.2, -0.15) is 0 Å². The van der Waals surface area contributed by atoms with Crippen molar-refractivity contribution in [3.05, 3.63) is 23.9 Å². The number of anilines is 1. The summed E-state index contributed by atoms with van der Waals surface area (Å²) in [6.45, 7) is 0. The van der Waals surface area contributed by atoms with Gasteiger partial charge in [-0.1, -0.05) is 0 Å². The van der Waals surface area contributed by atoms with Crippen LogP contribution in [0.1, 0.15) is 16.8 Å². The third kappa shape index (κ3) is 1.66. The number of nitrogens with one attached hydrogen (secondary N) is 1. The molecule has 1 aliphatic rings. The Labute approximate surface area is 79.8 Å². The van der Waals surface area contributed by atoms with Crippen LogP contribution < -0.4 is 5.32 Å². The Kier molecular flexibility index (Phi) is 2.07. The van der Waals surface area contributed by atoms with Gasteiger partial charge in [0.15, 0.2) is 0 Å². The van der Waals surface area contributed by atoms with E-state index in [0.717, 1.165) is 0 Å². The molecule has 4 nitrogen and oxygen atoms in total. The Bertz CT molecular complexity index is 370. The number of aromatic nitrogens is 1. The highest BCUT2D eigenvalue weighted by molar-refractivity contribution is 5.93. The fourth-order valence-corrected chi connectivity index (χ4v) is 1.18. The topological polar surface area (TPSA) is 62.2 Å². The molecule has 0 radical (unpaired) electrons. The van der Waals surface area contributed by atoms with Gasteiger partial charge in [0.2, 0.25) is 0 Å². The summed E-state index contributed by atoms with van der Waals surface area (Å²) in [7, 11) is 0. The van der Waals surface area contributed by atoms with Crippen LogP contribution in [-0.2, 0) is 0 Å². The molecule has 2 atom stereocenters. The van der Waals surface area contributed by atoms with Crippen LogP contribution in [0.4, 0.5) is 10.2 Å². The molecule has 1 aromatic heterocycles. The van der Waals surface area contributed by atoms with E-state index in [2.05, 4.69) is 10.3 Å². The molecule has 0 aromatic carbocycles. The molecule has 0 bridgehead atoms. The summed E-state index contributed by atoms with van der Waals surface area (Å²) in [4.78, 5) is 14.6. The lowest BCUT2D eigenvalue weighted by molar-refractivity contribution is 0.0697. The zero-order valence-electron chi connectivity index (χ0n) is 7.27. The summed E-state index contributed by atoms with van der Waals surface area (Å²) in [6, 6.07) is 2.70. The Morgan fingerprint density at radius 1 is 1.71 bits per heavy atom. The normalized spacial score (nSPS) is 24.4. The van der Waals surface area contributed by atoms with E-state index in [4.69, 9.17) is 5.11 Å². The summed E-state index contributed by atoms with van der Waals surface area (Å²) in [5.41, 5.74) is 0.0756. The summed E-state index contributed by atoms with van der Waals surface area (Å²) >= 11 is 0. The molecule has 74 valence electrons. The first-order valence-corrected chi connectivity index (χ1v) is 4.27. The molecule has 1 aliphatic carbocycles. The quantitative estimate of drug-likeness (QED) is 0.764. The van der Waals surface area contributed by atoms with Gasteiger partial charge in [0.1, 0.15) is 17.6 Å². The number of halogens is 1. The first kappa shape index (κ1) is 8.93. The minimum absolute atomic E-state index is 0.0756. The van der Waals surface area contributed by atoms with Crippen LogP contribution in [-0.4, -0.2) is 28.3 Å². The molecule has 1 fully saturated rings. The monoisotopic (exact) mass is 196 g/mol. The van der Waals surface area contributed by atoms with Crippen molar-refractivity contribution in [1.29, 1.82) is 0 Å². The number of pyridine rings is 1. The predicted octanol–water partition coefficient (Wildman–Crippen LogP) is 1.30. The summed E-state index contributed by atoms with van der Waals surface area (Å²) in [5.74, 6) is -0.818. The SMILES string of the molecule is O=C(O)c1cccnc1N[C@@H]1C[C@@H]1F. The van der Waals surface area contributed by atoms with Crippen LogP contribution in [0.2, 0.25) is 0 Å². The van der Waals surface area contributed by atoms with E-state index in [-0.39, 0.29) is 17.4 Å². The van der Waals surface area contributed by atoms with Gasteiger partial charge < -0.3 is 10.4 Å². The maximum absolute atomic E-state index is 12.6. The van der Waals surface area contributed by atoms with E-state index in [0.29, 0.717) is 6.42 Å². The molecule has 1 saturated carbocycles. The van der Waals surface area contributed by atoms with Gasteiger partial charge in [0.25, 0.3) is 0 Å². The van der Waals surface area contributed by atoms with Gasteiger partial charge in [0, 0.05) is 12.6 Å². The van der Waals surface area contributed by atoms with Crippen LogP contribution in [0.15, 0.2) is 18.3 Å². The Morgan fingerprint density at radius 2 is 2.43 bits per heavy atom. The largest absolute Gasteiger partial charge is 0.478 e. The molecule has 1 heterocycles. The smallest absolute Gasteiger partial charge is 0.339 e. The first-order chi connectivity index (χ1) is 6.68. The van der Waals surface area contributed by atoms with Crippen molar-refractivity contribution in [1.82, 2.24) is 4.98 Å². The molecular weight excluding hydrogens is 187 g/mol. The molecule has 5 heteroatoms. The minimum atomic E-state index is -1.06. The lowest BCUT2D eigenvalue weighted by Crippen LogP contribution is -2.11. The Morgan fingerprint density at radius 3 is 3.00 bits per heavy atom. The summed E-state index contributed by atoms with van der Waals surface area (Å²) < 4.78 is 12.6. The average molecular weight is 196 g/mol. The molecule has 0 saturated heterocycles. The molecular formula is C9H9FN2O2. The van der Waals surface area contributed by atoms with Crippen LogP contribution >= 0.6 is 0 Å². The number of aromatic carboxylic acids is 1. The second kappa shape index (κ2) is 3.25. The first-order valence-electron chi connectivity index (χ1n) is 4.27. The van der Waals surface area contributed by atoms with Gasteiger partial charge in [-0.25, -0.2) is 14.2 Å². The van der Waals surface area contributed by atoms with Gasteiger partial charge in [-0.3, -0.25) is 0 Å². The van der Waals surface area contributed by atoms with Crippen LogP contribution in [0.25, 0.3) is 0 Å². The molecule has 0 unspecified atom stereocenters. The van der Waals surface area contributed by atoms with Crippen LogP contribution in [0.5, 0.6) is 0 Å². The van der Waals surface area contributed by atoms with E-state index >= 15 is 0 Å². The van der Waals surface area contributed by atoms with E-state index in [9.17, 15) is 9.18 Å². The van der Waals surface area contributed by atoms with Crippen molar-refractivity contribution in [2.45, 2.75) is 18.6 Å². The van der Waals surface area contributed by atoms with Gasteiger partial charge >= 0.3 is 5.97 Å². The zero-order chi connectivity index (χ0) is 10.1. The van der Waals surface area contributed by atoms with E-state index in [1.165, 1.54) is 18.3 Å². The van der Waals surface area contributed by atoms with E-state index in [1.807, 2.05) is 0 Å². The average Bonchev–Trinajstić information content (AvgIpc) is 2.82. The number of rotatable bonds is 3. The van der Waals surface area contributed by atoms with Crippen molar-refractivity contribution < 1.29 is 14.3 Å². The third-order valence-corrected chi connectivity index (χ3v) is 2.07. The molecule has 2 rings (SSSR count). The highest BCUT2D eigenvalue weighted by Crippen LogP contribution is 2.29. The van der Waals surface area contributed by atoms with Crippen molar-refractivity contribution in [2.75, 3.05) is 5.32 Å². The Balaban J connectivity index is 2.19. The maximum Gasteiger partial charge on any atom is 0.339 e. The summed E-state index contributed by atoms with van der Waals surface area (Å²) in [6.07, 6.45) is 1.03. The number of carboxylic acids is 1. The molecule has 0 spiro atoms. The molecule has 2 N–H and O–H groups in total. The van der Waals surface area contributed by atoms with E-state index in [1.54, 1.807) is 0 Å². The second-order valence-corrected chi connectivity index (χ2v) is 3.21. The lowest BCUT2D eigenvalue weighted by Gasteiger charge is -2.05.